The van der Waals surface area contributed by atoms with E-state index in [1.54, 1.807) is 39.5 Å². The molecule has 1 N–H and O–H groups in total. The summed E-state index contributed by atoms with van der Waals surface area (Å²) in [7, 11) is 6.25. The quantitative estimate of drug-likeness (QED) is 0.528. The highest BCUT2D eigenvalue weighted by Gasteiger charge is 2.46. The monoisotopic (exact) mass is 502 g/mol. The van der Waals surface area contributed by atoms with Gasteiger partial charge in [-0.25, -0.2) is 0 Å². The summed E-state index contributed by atoms with van der Waals surface area (Å²) in [5.41, 5.74) is 4.03. The topological polar surface area (TPSA) is 86.3 Å². The van der Waals surface area contributed by atoms with Gasteiger partial charge in [-0.15, -0.1) is 0 Å². The van der Waals surface area contributed by atoms with Gasteiger partial charge < -0.3 is 29.2 Å². The van der Waals surface area contributed by atoms with Gasteiger partial charge in [-0.1, -0.05) is 24.3 Å². The Labute approximate surface area is 216 Å². The number of carbonyl (C=O) groups excluding carboxylic acids is 2. The Bertz CT molecular complexity index is 1350. The number of ether oxygens (including phenoxy) is 4. The molecule has 2 amide bonds. The summed E-state index contributed by atoms with van der Waals surface area (Å²) in [6.45, 7) is 0.790. The normalized spacial score (nSPS) is 17.7. The van der Waals surface area contributed by atoms with Crippen molar-refractivity contribution in [2.75, 3.05) is 35.0 Å². The van der Waals surface area contributed by atoms with E-state index in [0.717, 1.165) is 23.1 Å². The Kier molecular flexibility index (Phi) is 6.65. The number of nitrogens with one attached hydrogen (secondary N) is 1. The molecule has 2 heterocycles. The number of rotatable bonds is 7. The highest BCUT2D eigenvalue weighted by atomic mass is 16.5. The van der Waals surface area contributed by atoms with Crippen molar-refractivity contribution in [2.45, 2.75) is 24.9 Å². The highest BCUT2D eigenvalue weighted by molar-refractivity contribution is 6.02. The van der Waals surface area contributed by atoms with Gasteiger partial charge in [0.05, 0.1) is 40.4 Å². The predicted molar refractivity (Wildman–Crippen MR) is 138 cm³/mol. The van der Waals surface area contributed by atoms with Crippen LogP contribution in [0.25, 0.3) is 0 Å². The summed E-state index contributed by atoms with van der Waals surface area (Å²) in [4.78, 5) is 29.5. The van der Waals surface area contributed by atoms with Gasteiger partial charge in [0.15, 0.2) is 11.5 Å². The largest absolute Gasteiger partial charge is 0.497 e. The number of amides is 2. The number of methoxy groups -OCH3 is 4. The van der Waals surface area contributed by atoms with Gasteiger partial charge in [0.1, 0.15) is 11.5 Å². The van der Waals surface area contributed by atoms with Crippen LogP contribution < -0.4 is 24.3 Å². The second kappa shape index (κ2) is 10.0. The molecule has 3 aromatic rings. The maximum Gasteiger partial charge on any atom is 0.254 e. The van der Waals surface area contributed by atoms with Crippen LogP contribution in [0, 0.1) is 0 Å². The molecule has 0 saturated heterocycles. The van der Waals surface area contributed by atoms with Gasteiger partial charge in [0.2, 0.25) is 5.91 Å². The fourth-order valence-corrected chi connectivity index (χ4v) is 5.42. The molecular weight excluding hydrogens is 472 g/mol. The zero-order valence-electron chi connectivity index (χ0n) is 21.4. The van der Waals surface area contributed by atoms with Gasteiger partial charge in [0.25, 0.3) is 5.91 Å². The van der Waals surface area contributed by atoms with E-state index in [9.17, 15) is 9.59 Å². The van der Waals surface area contributed by atoms with Crippen LogP contribution in [-0.2, 0) is 17.8 Å². The third kappa shape index (κ3) is 4.22. The average Bonchev–Trinajstić information content (AvgIpc) is 2.95. The Morgan fingerprint density at radius 1 is 0.892 bits per heavy atom. The zero-order chi connectivity index (χ0) is 26.1. The molecule has 0 radical (unpaired) electrons. The van der Waals surface area contributed by atoms with E-state index in [1.807, 2.05) is 35.2 Å². The van der Waals surface area contributed by atoms with Crippen molar-refractivity contribution in [3.63, 3.8) is 0 Å². The minimum atomic E-state index is -0.641. The number of nitrogens with zero attached hydrogens (tertiary/aromatic N) is 1. The fraction of sp³-hybridized carbons (Fsp3) is 0.310. The molecule has 0 spiro atoms. The van der Waals surface area contributed by atoms with E-state index >= 15 is 0 Å². The van der Waals surface area contributed by atoms with E-state index in [4.69, 9.17) is 18.9 Å². The van der Waals surface area contributed by atoms with Gasteiger partial charge in [-0.3, -0.25) is 9.59 Å². The maximum atomic E-state index is 14.0. The van der Waals surface area contributed by atoms with Crippen molar-refractivity contribution >= 4 is 11.8 Å². The van der Waals surface area contributed by atoms with Crippen molar-refractivity contribution in [1.82, 2.24) is 10.2 Å². The third-order valence-electron chi connectivity index (χ3n) is 7.26. The second-order valence-corrected chi connectivity index (χ2v) is 9.06. The Morgan fingerprint density at radius 3 is 2.35 bits per heavy atom. The van der Waals surface area contributed by atoms with Gasteiger partial charge in [0, 0.05) is 30.3 Å². The molecule has 2 aliphatic rings. The molecule has 0 saturated carbocycles. The van der Waals surface area contributed by atoms with E-state index in [1.165, 1.54) is 7.11 Å². The first-order valence-electron chi connectivity index (χ1n) is 12.1. The van der Waals surface area contributed by atoms with Crippen molar-refractivity contribution in [3.8, 4) is 23.0 Å². The van der Waals surface area contributed by atoms with Crippen LogP contribution in [-0.4, -0.2) is 51.7 Å². The predicted octanol–water partition coefficient (Wildman–Crippen LogP) is 3.87. The smallest absolute Gasteiger partial charge is 0.254 e. The summed E-state index contributed by atoms with van der Waals surface area (Å²) < 4.78 is 21.8. The van der Waals surface area contributed by atoms with Crippen LogP contribution >= 0.6 is 0 Å². The van der Waals surface area contributed by atoms with Gasteiger partial charge >= 0.3 is 0 Å². The summed E-state index contributed by atoms with van der Waals surface area (Å²) in [6.07, 6.45) is 0.735. The summed E-state index contributed by atoms with van der Waals surface area (Å²) in [6, 6.07) is 16.5. The molecule has 8 nitrogen and oxygen atoms in total. The minimum Gasteiger partial charge on any atom is -0.497 e. The van der Waals surface area contributed by atoms with Crippen LogP contribution in [0.3, 0.4) is 0 Å². The maximum absolute atomic E-state index is 14.0. The minimum absolute atomic E-state index is 0.115. The van der Waals surface area contributed by atoms with Crippen LogP contribution in [0.1, 0.15) is 44.6 Å². The van der Waals surface area contributed by atoms with E-state index in [2.05, 4.69) is 11.4 Å². The number of hydrogen-bond acceptors (Lipinski definition) is 6. The zero-order valence-corrected chi connectivity index (χ0v) is 21.4. The number of benzene rings is 3. The van der Waals surface area contributed by atoms with Crippen LogP contribution in [0.15, 0.2) is 54.6 Å². The van der Waals surface area contributed by atoms with Crippen LogP contribution in [0.2, 0.25) is 0 Å². The third-order valence-corrected chi connectivity index (χ3v) is 7.26. The van der Waals surface area contributed by atoms with Crippen molar-refractivity contribution in [3.05, 3.63) is 82.4 Å². The Balaban J connectivity index is 1.57. The van der Waals surface area contributed by atoms with E-state index < -0.39 is 12.0 Å². The van der Waals surface area contributed by atoms with E-state index in [0.29, 0.717) is 40.7 Å². The lowest BCUT2D eigenvalue weighted by atomic mass is 9.75. The highest BCUT2D eigenvalue weighted by Crippen LogP contribution is 2.48. The summed E-state index contributed by atoms with van der Waals surface area (Å²) in [5, 5.41) is 3.10. The fourth-order valence-electron chi connectivity index (χ4n) is 5.42. The molecule has 2 aliphatic heterocycles. The number of hydrogen-bond donors (Lipinski definition) is 1. The van der Waals surface area contributed by atoms with Gasteiger partial charge in [-0.05, 0) is 47.4 Å². The lowest BCUT2D eigenvalue weighted by molar-refractivity contribution is -0.124. The molecule has 2 atom stereocenters. The van der Waals surface area contributed by atoms with Crippen molar-refractivity contribution in [2.24, 2.45) is 0 Å². The molecule has 192 valence electrons. The number of fused-ring (bicyclic) bond motifs is 4. The standard InChI is InChI=1S/C29H30N2O6/c1-34-19-10-9-18(23(13-19)35-2)16-30-28(32)26-21-14-24(36-3)25(37-4)15-22(21)29(33)31-12-11-17-7-5-6-8-20(17)27(26)31/h5-10,13-15,26-27H,11-12,16H2,1-4H3,(H,30,32)/t26-,27-/m1/s1. The molecule has 0 unspecified atom stereocenters. The molecule has 0 aromatic heterocycles. The lowest BCUT2D eigenvalue weighted by Gasteiger charge is -2.45. The van der Waals surface area contributed by atoms with Gasteiger partial charge in [-0.2, -0.15) is 0 Å². The lowest BCUT2D eigenvalue weighted by Crippen LogP contribution is -2.50. The van der Waals surface area contributed by atoms with Crippen LogP contribution in [0.5, 0.6) is 23.0 Å². The molecule has 0 fully saturated rings. The summed E-state index contributed by atoms with van der Waals surface area (Å²) >= 11 is 0. The molecule has 37 heavy (non-hydrogen) atoms. The molecular formula is C29H30N2O6. The first kappa shape index (κ1) is 24.5. The molecule has 5 rings (SSSR count). The average molecular weight is 503 g/mol. The summed E-state index contributed by atoms with van der Waals surface area (Å²) in [5.74, 6) is 1.27. The number of carbonyl (C=O) groups is 2. The molecule has 8 heteroatoms. The SMILES string of the molecule is COc1ccc(CNC(=O)[C@@H]2c3cc(OC)c(OC)cc3C(=O)N3CCc4ccccc4[C@H]23)c(OC)c1. The Hall–Kier alpha value is -4.20. The Morgan fingerprint density at radius 2 is 1.62 bits per heavy atom. The molecule has 0 bridgehead atoms. The van der Waals surface area contributed by atoms with Crippen LogP contribution in [0.4, 0.5) is 0 Å². The molecule has 3 aromatic carbocycles. The van der Waals surface area contributed by atoms with Crippen molar-refractivity contribution < 1.29 is 28.5 Å². The first-order chi connectivity index (χ1) is 18.0. The second-order valence-electron chi connectivity index (χ2n) is 9.06. The molecule has 0 aliphatic carbocycles. The van der Waals surface area contributed by atoms with E-state index in [-0.39, 0.29) is 18.4 Å². The van der Waals surface area contributed by atoms with Crippen molar-refractivity contribution in [1.29, 1.82) is 0 Å². The first-order valence-corrected chi connectivity index (χ1v) is 12.1.